The Labute approximate surface area is 113 Å². The number of aryl methyl sites for hydroxylation is 2. The highest BCUT2D eigenvalue weighted by Gasteiger charge is 2.20. The Morgan fingerprint density at radius 1 is 1.00 bits per heavy atom. The first-order chi connectivity index (χ1) is 8.78. The standard InChI is InChI=1S/C18H28/c1-3-5-17-6-4-7-18(14-17)13-12-16-10-8-15(2)9-11-16/h8-11,17-18H,3-7,12-14H2,1-2H3. The van der Waals surface area contributed by atoms with Gasteiger partial charge in [-0.1, -0.05) is 68.9 Å². The van der Waals surface area contributed by atoms with Crippen molar-refractivity contribution in [3.63, 3.8) is 0 Å². The van der Waals surface area contributed by atoms with Crippen LogP contribution in [0.4, 0.5) is 0 Å². The molecule has 0 amide bonds. The van der Waals surface area contributed by atoms with Crippen LogP contribution >= 0.6 is 0 Å². The highest BCUT2D eigenvalue weighted by molar-refractivity contribution is 5.21. The third kappa shape index (κ3) is 4.15. The highest BCUT2D eigenvalue weighted by atomic mass is 14.3. The Morgan fingerprint density at radius 3 is 2.33 bits per heavy atom. The first-order valence-electron chi connectivity index (χ1n) is 7.83. The van der Waals surface area contributed by atoms with Gasteiger partial charge in [0, 0.05) is 0 Å². The molecule has 100 valence electrons. The normalized spacial score (nSPS) is 24.1. The minimum Gasteiger partial charge on any atom is -0.0654 e. The van der Waals surface area contributed by atoms with Crippen LogP contribution in [0.2, 0.25) is 0 Å². The van der Waals surface area contributed by atoms with Crippen LogP contribution in [-0.4, -0.2) is 0 Å². The zero-order valence-corrected chi connectivity index (χ0v) is 12.1. The third-order valence-corrected chi connectivity index (χ3v) is 4.55. The zero-order valence-electron chi connectivity index (χ0n) is 12.1. The van der Waals surface area contributed by atoms with Gasteiger partial charge in [0.05, 0.1) is 0 Å². The van der Waals surface area contributed by atoms with Crippen molar-refractivity contribution in [2.75, 3.05) is 0 Å². The van der Waals surface area contributed by atoms with Gasteiger partial charge < -0.3 is 0 Å². The van der Waals surface area contributed by atoms with Crippen molar-refractivity contribution in [1.82, 2.24) is 0 Å². The van der Waals surface area contributed by atoms with Gasteiger partial charge in [0.25, 0.3) is 0 Å². The summed E-state index contributed by atoms with van der Waals surface area (Å²) in [5.41, 5.74) is 2.90. The summed E-state index contributed by atoms with van der Waals surface area (Å²) in [5, 5.41) is 0. The van der Waals surface area contributed by atoms with E-state index in [1.54, 1.807) is 0 Å². The van der Waals surface area contributed by atoms with Gasteiger partial charge in [-0.05, 0) is 43.6 Å². The molecule has 1 saturated carbocycles. The maximum absolute atomic E-state index is 2.33. The molecule has 1 fully saturated rings. The summed E-state index contributed by atoms with van der Waals surface area (Å²) in [5.74, 6) is 2.03. The lowest BCUT2D eigenvalue weighted by molar-refractivity contribution is 0.243. The third-order valence-electron chi connectivity index (χ3n) is 4.55. The van der Waals surface area contributed by atoms with Crippen LogP contribution in [0.5, 0.6) is 0 Å². The first kappa shape index (κ1) is 13.6. The average molecular weight is 244 g/mol. The summed E-state index contributed by atoms with van der Waals surface area (Å²) < 4.78 is 0. The molecule has 0 spiro atoms. The average Bonchev–Trinajstić information content (AvgIpc) is 2.39. The molecule has 2 atom stereocenters. The van der Waals surface area contributed by atoms with Crippen LogP contribution in [-0.2, 0) is 6.42 Å². The van der Waals surface area contributed by atoms with Crippen molar-refractivity contribution in [1.29, 1.82) is 0 Å². The van der Waals surface area contributed by atoms with E-state index < -0.39 is 0 Å². The molecule has 18 heavy (non-hydrogen) atoms. The summed E-state index contributed by atoms with van der Waals surface area (Å²) in [4.78, 5) is 0. The van der Waals surface area contributed by atoms with E-state index >= 15 is 0 Å². The minimum atomic E-state index is 0.997. The Hall–Kier alpha value is -0.780. The largest absolute Gasteiger partial charge is 0.0654 e. The molecule has 0 aliphatic heterocycles. The topological polar surface area (TPSA) is 0 Å². The Balaban J connectivity index is 1.77. The molecule has 2 unspecified atom stereocenters. The number of hydrogen-bond donors (Lipinski definition) is 0. The van der Waals surface area contributed by atoms with Gasteiger partial charge >= 0.3 is 0 Å². The molecule has 0 heterocycles. The molecule has 1 aromatic rings. The van der Waals surface area contributed by atoms with Crippen molar-refractivity contribution in [3.05, 3.63) is 35.4 Å². The smallest absolute Gasteiger partial charge is 0.0276 e. The van der Waals surface area contributed by atoms with Gasteiger partial charge in [-0.15, -0.1) is 0 Å². The second-order valence-electron chi connectivity index (χ2n) is 6.21. The fourth-order valence-corrected chi connectivity index (χ4v) is 3.46. The quantitative estimate of drug-likeness (QED) is 0.638. The SMILES string of the molecule is CCCC1CCCC(CCc2ccc(C)cc2)C1. The van der Waals surface area contributed by atoms with E-state index in [0.29, 0.717) is 0 Å². The van der Waals surface area contributed by atoms with Gasteiger partial charge in [-0.3, -0.25) is 0 Å². The Bertz CT molecular complexity index is 334. The molecule has 1 aliphatic rings. The molecule has 0 saturated heterocycles. The predicted octanol–water partition coefficient (Wildman–Crippen LogP) is 5.53. The first-order valence-corrected chi connectivity index (χ1v) is 7.83. The van der Waals surface area contributed by atoms with E-state index in [2.05, 4.69) is 38.1 Å². The summed E-state index contributed by atoms with van der Waals surface area (Å²) >= 11 is 0. The van der Waals surface area contributed by atoms with Gasteiger partial charge in [0.15, 0.2) is 0 Å². The second-order valence-corrected chi connectivity index (χ2v) is 6.21. The van der Waals surface area contributed by atoms with Crippen molar-refractivity contribution in [3.8, 4) is 0 Å². The van der Waals surface area contributed by atoms with Crippen LogP contribution in [0.25, 0.3) is 0 Å². The van der Waals surface area contributed by atoms with Crippen LogP contribution < -0.4 is 0 Å². The van der Waals surface area contributed by atoms with E-state index in [9.17, 15) is 0 Å². The molecule has 0 nitrogen and oxygen atoms in total. The number of hydrogen-bond acceptors (Lipinski definition) is 0. The van der Waals surface area contributed by atoms with Crippen LogP contribution in [0, 0.1) is 18.8 Å². The Kier molecular flexibility index (Phi) is 5.28. The summed E-state index contributed by atoms with van der Waals surface area (Å²) in [7, 11) is 0. The lowest BCUT2D eigenvalue weighted by Gasteiger charge is -2.29. The second kappa shape index (κ2) is 6.97. The summed E-state index contributed by atoms with van der Waals surface area (Å²) in [6.07, 6.45) is 11.5. The van der Waals surface area contributed by atoms with Crippen LogP contribution in [0.1, 0.15) is 63.0 Å². The monoisotopic (exact) mass is 244 g/mol. The molecular weight excluding hydrogens is 216 g/mol. The predicted molar refractivity (Wildman–Crippen MR) is 79.9 cm³/mol. The van der Waals surface area contributed by atoms with Gasteiger partial charge in [0.1, 0.15) is 0 Å². The van der Waals surface area contributed by atoms with Crippen LogP contribution in [0.15, 0.2) is 24.3 Å². The van der Waals surface area contributed by atoms with Crippen molar-refractivity contribution >= 4 is 0 Å². The number of rotatable bonds is 5. The molecular formula is C18H28. The van der Waals surface area contributed by atoms with E-state index in [4.69, 9.17) is 0 Å². The summed E-state index contributed by atoms with van der Waals surface area (Å²) in [6.45, 7) is 4.50. The van der Waals surface area contributed by atoms with E-state index in [-0.39, 0.29) is 0 Å². The molecule has 2 rings (SSSR count). The highest BCUT2D eigenvalue weighted by Crippen LogP contribution is 2.34. The zero-order chi connectivity index (χ0) is 12.8. The summed E-state index contributed by atoms with van der Waals surface area (Å²) in [6, 6.07) is 9.11. The molecule has 0 heteroatoms. The minimum absolute atomic E-state index is 0.997. The van der Waals surface area contributed by atoms with Crippen LogP contribution in [0.3, 0.4) is 0 Å². The molecule has 0 radical (unpaired) electrons. The van der Waals surface area contributed by atoms with Crippen molar-refractivity contribution < 1.29 is 0 Å². The molecule has 1 aromatic carbocycles. The van der Waals surface area contributed by atoms with E-state index in [1.165, 1.54) is 62.5 Å². The molecule has 1 aliphatic carbocycles. The fraction of sp³-hybridized carbons (Fsp3) is 0.667. The fourth-order valence-electron chi connectivity index (χ4n) is 3.46. The van der Waals surface area contributed by atoms with Crippen molar-refractivity contribution in [2.45, 2.75) is 65.2 Å². The maximum Gasteiger partial charge on any atom is -0.0276 e. The maximum atomic E-state index is 2.33. The molecule has 0 bridgehead atoms. The lowest BCUT2D eigenvalue weighted by Crippen LogP contribution is -2.16. The van der Waals surface area contributed by atoms with Gasteiger partial charge in [-0.25, -0.2) is 0 Å². The van der Waals surface area contributed by atoms with Gasteiger partial charge in [-0.2, -0.15) is 0 Å². The molecule has 0 aromatic heterocycles. The molecule has 0 N–H and O–H groups in total. The van der Waals surface area contributed by atoms with E-state index in [1.807, 2.05) is 0 Å². The van der Waals surface area contributed by atoms with Gasteiger partial charge in [0.2, 0.25) is 0 Å². The lowest BCUT2D eigenvalue weighted by atomic mass is 9.77. The van der Waals surface area contributed by atoms with E-state index in [0.717, 1.165) is 11.8 Å². The van der Waals surface area contributed by atoms with Crippen molar-refractivity contribution in [2.24, 2.45) is 11.8 Å². The Morgan fingerprint density at radius 2 is 1.67 bits per heavy atom. The number of benzene rings is 1.